The van der Waals surface area contributed by atoms with Gasteiger partial charge in [-0.2, -0.15) is 0 Å². The van der Waals surface area contributed by atoms with Crippen molar-refractivity contribution in [3.63, 3.8) is 0 Å². The third-order valence-corrected chi connectivity index (χ3v) is 1.98. The van der Waals surface area contributed by atoms with Gasteiger partial charge in [0.25, 0.3) is 0 Å². The van der Waals surface area contributed by atoms with Crippen LogP contribution in [0, 0.1) is 0 Å². The van der Waals surface area contributed by atoms with Crippen LogP contribution in [0.2, 0.25) is 0 Å². The molecule has 0 radical (unpaired) electrons. The van der Waals surface area contributed by atoms with Gasteiger partial charge in [0, 0.05) is 0 Å². The van der Waals surface area contributed by atoms with Gasteiger partial charge in [0.2, 0.25) is 0 Å². The van der Waals surface area contributed by atoms with Gasteiger partial charge in [0.15, 0.2) is 0 Å². The molecule has 0 aromatic rings. The van der Waals surface area contributed by atoms with Gasteiger partial charge in [-0.15, -0.1) is 9.24 Å². The van der Waals surface area contributed by atoms with E-state index in [0.717, 1.165) is 19.3 Å². The standard InChI is InChI=1S/C7H15O2P/c1-3-4-5-6(10)7(8)9-2/h6H,3-5,10H2,1-2H3. The summed E-state index contributed by atoms with van der Waals surface area (Å²) in [5, 5.41) is 0. The zero-order valence-electron chi connectivity index (χ0n) is 6.59. The lowest BCUT2D eigenvalue weighted by atomic mass is 10.2. The number of unbranched alkanes of at least 4 members (excludes halogenated alkanes) is 1. The van der Waals surface area contributed by atoms with Crippen molar-refractivity contribution in [2.24, 2.45) is 0 Å². The van der Waals surface area contributed by atoms with E-state index in [1.165, 1.54) is 7.11 Å². The van der Waals surface area contributed by atoms with E-state index in [1.807, 2.05) is 0 Å². The van der Waals surface area contributed by atoms with Crippen LogP contribution in [0.5, 0.6) is 0 Å². The lowest BCUT2D eigenvalue weighted by Crippen LogP contribution is -2.14. The molecule has 0 saturated heterocycles. The molecular formula is C7H15O2P. The fourth-order valence-electron chi connectivity index (χ4n) is 0.693. The van der Waals surface area contributed by atoms with Crippen molar-refractivity contribution in [1.82, 2.24) is 0 Å². The number of hydrogen-bond acceptors (Lipinski definition) is 2. The minimum atomic E-state index is -0.126. The van der Waals surface area contributed by atoms with Gasteiger partial charge in [-0.25, -0.2) is 0 Å². The maximum absolute atomic E-state index is 10.8. The Morgan fingerprint density at radius 3 is 2.70 bits per heavy atom. The van der Waals surface area contributed by atoms with Gasteiger partial charge in [-0.1, -0.05) is 19.8 Å². The number of esters is 1. The first-order valence-electron chi connectivity index (χ1n) is 3.55. The van der Waals surface area contributed by atoms with Crippen molar-refractivity contribution in [3.05, 3.63) is 0 Å². The molecule has 0 aliphatic carbocycles. The second-order valence-electron chi connectivity index (χ2n) is 2.27. The molecule has 3 heteroatoms. The zero-order chi connectivity index (χ0) is 7.98. The van der Waals surface area contributed by atoms with Crippen molar-refractivity contribution in [1.29, 1.82) is 0 Å². The van der Waals surface area contributed by atoms with Gasteiger partial charge < -0.3 is 4.74 Å². The van der Waals surface area contributed by atoms with Crippen LogP contribution in [0.4, 0.5) is 0 Å². The van der Waals surface area contributed by atoms with Crippen molar-refractivity contribution in [2.45, 2.75) is 31.8 Å². The smallest absolute Gasteiger partial charge is 0.312 e. The van der Waals surface area contributed by atoms with Crippen LogP contribution in [-0.4, -0.2) is 18.7 Å². The monoisotopic (exact) mass is 162 g/mol. The highest BCUT2D eigenvalue weighted by molar-refractivity contribution is 7.19. The Labute approximate surface area is 64.5 Å². The summed E-state index contributed by atoms with van der Waals surface area (Å²) in [7, 11) is 3.92. The van der Waals surface area contributed by atoms with Gasteiger partial charge >= 0.3 is 5.97 Å². The van der Waals surface area contributed by atoms with Crippen molar-refractivity contribution < 1.29 is 9.53 Å². The highest BCUT2D eigenvalue weighted by atomic mass is 31.0. The van der Waals surface area contributed by atoms with Crippen molar-refractivity contribution in [3.8, 4) is 0 Å². The normalized spacial score (nSPS) is 12.7. The fraction of sp³-hybridized carbons (Fsp3) is 0.857. The molecule has 0 saturated carbocycles. The summed E-state index contributed by atoms with van der Waals surface area (Å²) in [6.45, 7) is 2.11. The number of ether oxygens (including phenoxy) is 1. The molecule has 0 rings (SSSR count). The minimum Gasteiger partial charge on any atom is -0.469 e. The van der Waals surface area contributed by atoms with Gasteiger partial charge in [0.1, 0.15) is 0 Å². The molecule has 0 N–H and O–H groups in total. The van der Waals surface area contributed by atoms with E-state index >= 15 is 0 Å². The van der Waals surface area contributed by atoms with E-state index in [9.17, 15) is 4.79 Å². The zero-order valence-corrected chi connectivity index (χ0v) is 7.75. The quantitative estimate of drug-likeness (QED) is 0.463. The summed E-state index contributed by atoms with van der Waals surface area (Å²) in [6.07, 6.45) is 3.12. The Balaban J connectivity index is 3.41. The Kier molecular flexibility index (Phi) is 5.61. The van der Waals surface area contributed by atoms with Crippen LogP contribution in [0.3, 0.4) is 0 Å². The van der Waals surface area contributed by atoms with Crippen LogP contribution >= 0.6 is 9.24 Å². The molecule has 2 nitrogen and oxygen atoms in total. The van der Waals surface area contributed by atoms with Crippen LogP contribution < -0.4 is 0 Å². The van der Waals surface area contributed by atoms with E-state index in [4.69, 9.17) is 0 Å². The number of hydrogen-bond donors (Lipinski definition) is 0. The average molecular weight is 162 g/mol. The van der Waals surface area contributed by atoms with Crippen LogP contribution in [0.15, 0.2) is 0 Å². The predicted molar refractivity (Wildman–Crippen MR) is 45.0 cm³/mol. The van der Waals surface area contributed by atoms with E-state index in [1.54, 1.807) is 0 Å². The topological polar surface area (TPSA) is 26.3 Å². The third-order valence-electron chi connectivity index (χ3n) is 1.37. The molecule has 0 amide bonds. The number of rotatable bonds is 4. The fourth-order valence-corrected chi connectivity index (χ4v) is 1.07. The first-order chi connectivity index (χ1) is 4.72. The van der Waals surface area contributed by atoms with Crippen LogP contribution in [0.25, 0.3) is 0 Å². The highest BCUT2D eigenvalue weighted by Gasteiger charge is 2.11. The first-order valence-corrected chi connectivity index (χ1v) is 4.22. The molecule has 0 fully saturated rings. The summed E-state index contributed by atoms with van der Waals surface area (Å²) in [5.41, 5.74) is -0.00931. The largest absolute Gasteiger partial charge is 0.469 e. The van der Waals surface area contributed by atoms with Crippen molar-refractivity contribution in [2.75, 3.05) is 7.11 Å². The molecule has 0 spiro atoms. The summed E-state index contributed by atoms with van der Waals surface area (Å²) >= 11 is 0. The maximum atomic E-state index is 10.8. The van der Waals surface area contributed by atoms with Gasteiger partial charge in [-0.05, 0) is 6.42 Å². The Hall–Kier alpha value is -0.100. The molecule has 2 unspecified atom stereocenters. The summed E-state index contributed by atoms with van der Waals surface area (Å²) in [5.74, 6) is -0.126. The number of carbonyl (C=O) groups excluding carboxylic acids is 1. The van der Waals surface area contributed by atoms with Gasteiger partial charge in [0.05, 0.1) is 12.8 Å². The van der Waals surface area contributed by atoms with E-state index in [-0.39, 0.29) is 11.6 Å². The Morgan fingerprint density at radius 2 is 2.30 bits per heavy atom. The summed E-state index contributed by atoms with van der Waals surface area (Å²) in [6, 6.07) is 0. The van der Waals surface area contributed by atoms with Gasteiger partial charge in [-0.3, -0.25) is 4.79 Å². The molecule has 0 aromatic carbocycles. The molecule has 0 aromatic heterocycles. The molecule has 0 aliphatic heterocycles. The first kappa shape index (κ1) is 9.90. The predicted octanol–water partition coefficient (Wildman–Crippen LogP) is 1.59. The Bertz CT molecular complexity index is 104. The molecule has 0 aliphatic rings. The molecule has 0 bridgehead atoms. The van der Waals surface area contributed by atoms with E-state index in [0.29, 0.717) is 0 Å². The number of methoxy groups -OCH3 is 1. The summed E-state index contributed by atoms with van der Waals surface area (Å²) < 4.78 is 4.55. The lowest BCUT2D eigenvalue weighted by molar-refractivity contribution is -0.140. The van der Waals surface area contributed by atoms with Crippen LogP contribution in [0.1, 0.15) is 26.2 Å². The molecule has 2 atom stereocenters. The second kappa shape index (κ2) is 5.67. The maximum Gasteiger partial charge on any atom is 0.312 e. The Morgan fingerprint density at radius 1 is 1.70 bits per heavy atom. The third kappa shape index (κ3) is 3.84. The van der Waals surface area contributed by atoms with E-state index in [2.05, 4.69) is 20.9 Å². The molecule has 10 heavy (non-hydrogen) atoms. The highest BCUT2D eigenvalue weighted by Crippen LogP contribution is 2.10. The van der Waals surface area contributed by atoms with Crippen LogP contribution in [-0.2, 0) is 9.53 Å². The molecule has 60 valence electrons. The summed E-state index contributed by atoms with van der Waals surface area (Å²) in [4.78, 5) is 10.8. The SMILES string of the molecule is CCCCC(P)C(=O)OC. The number of carbonyl (C=O) groups is 1. The van der Waals surface area contributed by atoms with Crippen molar-refractivity contribution >= 4 is 15.2 Å². The average Bonchev–Trinajstić information content (AvgIpc) is 1.98. The molecular weight excluding hydrogens is 147 g/mol. The minimum absolute atomic E-state index is 0.00931. The van der Waals surface area contributed by atoms with E-state index < -0.39 is 0 Å². The second-order valence-corrected chi connectivity index (χ2v) is 3.08. The lowest BCUT2D eigenvalue weighted by Gasteiger charge is -2.06. The molecule has 0 heterocycles.